The molecule has 1 atom stereocenters. The van der Waals surface area contributed by atoms with Crippen LogP contribution in [0.5, 0.6) is 0 Å². The van der Waals surface area contributed by atoms with E-state index in [2.05, 4.69) is 15.8 Å². The number of oxime groups is 1. The highest BCUT2D eigenvalue weighted by atomic mass is 16.6. The molecule has 9 nitrogen and oxygen atoms in total. The standard InChI is InChI=1S/C24H24N6O3/c1-15(26-31)13-19-20(14-25)24(27(2)3)29(16-9-11-17(12-10-16)30(32)33)23-18-7-5-6-8-21(18)28(4)22(19)23/h5-12,19,31H,13H2,1-4H3/b26-15-/t19-/m0/s1. The summed E-state index contributed by atoms with van der Waals surface area (Å²) in [5, 5.41) is 35.2. The van der Waals surface area contributed by atoms with Gasteiger partial charge in [-0.3, -0.25) is 15.0 Å². The summed E-state index contributed by atoms with van der Waals surface area (Å²) in [6.07, 6.45) is 0.377. The predicted octanol–water partition coefficient (Wildman–Crippen LogP) is 4.86. The monoisotopic (exact) mass is 444 g/mol. The van der Waals surface area contributed by atoms with Gasteiger partial charge in [-0.25, -0.2) is 0 Å². The number of non-ortho nitro benzene ring substituents is 1. The topological polar surface area (TPSA) is 111 Å². The predicted molar refractivity (Wildman–Crippen MR) is 127 cm³/mol. The van der Waals surface area contributed by atoms with Crippen molar-refractivity contribution in [3.63, 3.8) is 0 Å². The van der Waals surface area contributed by atoms with Crippen LogP contribution in [0.3, 0.4) is 0 Å². The van der Waals surface area contributed by atoms with E-state index >= 15 is 0 Å². The molecule has 168 valence electrons. The number of hydrogen-bond acceptors (Lipinski definition) is 7. The van der Waals surface area contributed by atoms with E-state index in [1.165, 1.54) is 12.1 Å². The van der Waals surface area contributed by atoms with Crippen molar-refractivity contribution in [1.29, 1.82) is 5.26 Å². The third kappa shape index (κ3) is 3.46. The third-order valence-corrected chi connectivity index (χ3v) is 6.01. The van der Waals surface area contributed by atoms with Gasteiger partial charge in [0.05, 0.1) is 39.2 Å². The molecule has 0 saturated carbocycles. The Hall–Kier alpha value is -4.32. The van der Waals surface area contributed by atoms with Crippen molar-refractivity contribution in [2.75, 3.05) is 19.0 Å². The van der Waals surface area contributed by atoms with Gasteiger partial charge in [0.2, 0.25) is 0 Å². The number of para-hydroxylation sites is 1. The minimum atomic E-state index is -0.431. The highest BCUT2D eigenvalue weighted by Gasteiger charge is 2.39. The zero-order valence-corrected chi connectivity index (χ0v) is 18.9. The van der Waals surface area contributed by atoms with Crippen LogP contribution in [-0.4, -0.2) is 39.4 Å². The summed E-state index contributed by atoms with van der Waals surface area (Å²) in [6, 6.07) is 16.7. The van der Waals surface area contributed by atoms with Crippen molar-refractivity contribution in [1.82, 2.24) is 9.47 Å². The Morgan fingerprint density at radius 1 is 1.24 bits per heavy atom. The maximum absolute atomic E-state index is 11.2. The van der Waals surface area contributed by atoms with Crippen molar-refractivity contribution in [3.05, 3.63) is 75.7 Å². The Morgan fingerprint density at radius 2 is 1.91 bits per heavy atom. The average molecular weight is 444 g/mol. The lowest BCUT2D eigenvalue weighted by Crippen LogP contribution is -2.35. The lowest BCUT2D eigenvalue weighted by atomic mass is 9.86. The smallest absolute Gasteiger partial charge is 0.269 e. The Bertz CT molecular complexity index is 1350. The van der Waals surface area contributed by atoms with E-state index in [-0.39, 0.29) is 11.6 Å². The first-order valence-corrected chi connectivity index (χ1v) is 10.4. The van der Waals surface area contributed by atoms with Crippen LogP contribution in [0.15, 0.2) is 65.1 Å². The molecule has 33 heavy (non-hydrogen) atoms. The maximum Gasteiger partial charge on any atom is 0.269 e. The van der Waals surface area contributed by atoms with Crippen molar-refractivity contribution in [2.24, 2.45) is 12.2 Å². The summed E-state index contributed by atoms with van der Waals surface area (Å²) in [6.45, 7) is 1.73. The van der Waals surface area contributed by atoms with E-state index in [9.17, 15) is 20.6 Å². The van der Waals surface area contributed by atoms with Crippen LogP contribution in [0.25, 0.3) is 10.9 Å². The first-order valence-electron chi connectivity index (χ1n) is 10.4. The van der Waals surface area contributed by atoms with Crippen molar-refractivity contribution >= 4 is 33.7 Å². The zero-order valence-electron chi connectivity index (χ0n) is 18.9. The number of nitro benzene ring substituents is 1. The Kier molecular flexibility index (Phi) is 5.52. The first-order chi connectivity index (χ1) is 15.8. The molecule has 1 aromatic heterocycles. The van der Waals surface area contributed by atoms with Gasteiger partial charge in [-0.2, -0.15) is 5.26 Å². The highest BCUT2D eigenvalue weighted by molar-refractivity contribution is 6.01. The average Bonchev–Trinajstić information content (AvgIpc) is 3.11. The molecule has 2 heterocycles. The summed E-state index contributed by atoms with van der Waals surface area (Å²) in [4.78, 5) is 14.6. The van der Waals surface area contributed by atoms with Gasteiger partial charge in [-0.05, 0) is 25.1 Å². The summed E-state index contributed by atoms with van der Waals surface area (Å²) in [5.74, 6) is 0.343. The molecule has 1 aliphatic heterocycles. The van der Waals surface area contributed by atoms with Crippen molar-refractivity contribution < 1.29 is 10.1 Å². The Balaban J connectivity index is 2.09. The Morgan fingerprint density at radius 3 is 2.48 bits per heavy atom. The molecule has 1 aliphatic rings. The van der Waals surface area contributed by atoms with E-state index in [1.54, 1.807) is 19.1 Å². The fourth-order valence-corrected chi connectivity index (χ4v) is 4.62. The highest BCUT2D eigenvalue weighted by Crippen LogP contribution is 2.51. The molecule has 1 N–H and O–H groups in total. The minimum Gasteiger partial charge on any atom is -0.411 e. The van der Waals surface area contributed by atoms with Crippen LogP contribution in [0, 0.1) is 21.4 Å². The molecule has 4 rings (SSSR count). The second-order valence-electron chi connectivity index (χ2n) is 8.25. The normalized spacial score (nSPS) is 16.0. The van der Waals surface area contributed by atoms with Gasteiger partial charge in [-0.1, -0.05) is 23.4 Å². The largest absolute Gasteiger partial charge is 0.411 e. The molecule has 0 amide bonds. The number of aromatic nitrogens is 1. The summed E-state index contributed by atoms with van der Waals surface area (Å²) in [7, 11) is 5.69. The van der Waals surface area contributed by atoms with E-state index in [0.717, 1.165) is 22.3 Å². The Labute approximate surface area is 191 Å². The maximum atomic E-state index is 11.2. The fourth-order valence-electron chi connectivity index (χ4n) is 4.62. The zero-order chi connectivity index (χ0) is 23.9. The number of aryl methyl sites for hydroxylation is 1. The van der Waals surface area contributed by atoms with E-state index in [4.69, 9.17) is 0 Å². The number of nitriles is 1. The number of allylic oxidation sites excluding steroid dienone is 1. The molecule has 9 heteroatoms. The van der Waals surface area contributed by atoms with E-state index in [1.807, 2.05) is 55.2 Å². The number of anilines is 2. The third-order valence-electron chi connectivity index (χ3n) is 6.01. The number of nitrogens with zero attached hydrogens (tertiary/aromatic N) is 6. The van der Waals surface area contributed by atoms with Crippen LogP contribution in [-0.2, 0) is 7.05 Å². The van der Waals surface area contributed by atoms with Crippen LogP contribution >= 0.6 is 0 Å². The summed E-state index contributed by atoms with van der Waals surface area (Å²) >= 11 is 0. The first kappa shape index (κ1) is 21.9. The molecule has 0 spiro atoms. The summed E-state index contributed by atoms with van der Waals surface area (Å²) in [5.41, 5.74) is 4.57. The molecule has 0 bridgehead atoms. The molecule has 0 unspecified atom stereocenters. The molecule has 0 aliphatic carbocycles. The van der Waals surface area contributed by atoms with Crippen LogP contribution < -0.4 is 4.90 Å². The molecular formula is C24H24N6O3. The number of benzene rings is 2. The molecule has 3 aromatic rings. The molecule has 0 saturated heterocycles. The van der Waals surface area contributed by atoms with Gasteiger partial charge in [-0.15, -0.1) is 0 Å². The van der Waals surface area contributed by atoms with Gasteiger partial charge in [0.1, 0.15) is 5.82 Å². The number of rotatable bonds is 5. The number of fused-ring (bicyclic) bond motifs is 3. The van der Waals surface area contributed by atoms with Crippen molar-refractivity contribution in [2.45, 2.75) is 19.3 Å². The second-order valence-corrected chi connectivity index (χ2v) is 8.25. The summed E-state index contributed by atoms with van der Waals surface area (Å²) < 4.78 is 2.07. The molecule has 2 aromatic carbocycles. The lowest BCUT2D eigenvalue weighted by molar-refractivity contribution is -0.384. The molecule has 0 radical (unpaired) electrons. The SMILES string of the molecule is C/C(C[C@H]1C(C#N)=C(N(C)C)N(c2ccc([N+](=O)[O-])cc2)c2c1n(C)c1ccccc21)=N/O. The van der Waals surface area contributed by atoms with Gasteiger partial charge < -0.3 is 14.7 Å². The minimum absolute atomic E-state index is 0.00236. The fraction of sp³-hybridized carbons (Fsp3) is 0.250. The van der Waals surface area contributed by atoms with Gasteiger partial charge in [0.15, 0.2) is 0 Å². The second kappa shape index (κ2) is 8.31. The quantitative estimate of drug-likeness (QED) is 0.260. The number of hydrogen-bond donors (Lipinski definition) is 1. The molecular weight excluding hydrogens is 420 g/mol. The van der Waals surface area contributed by atoms with E-state index in [0.29, 0.717) is 29.2 Å². The van der Waals surface area contributed by atoms with Crippen LogP contribution in [0.4, 0.5) is 17.1 Å². The van der Waals surface area contributed by atoms with Gasteiger partial charge in [0.25, 0.3) is 5.69 Å². The van der Waals surface area contributed by atoms with Crippen LogP contribution in [0.1, 0.15) is 25.0 Å². The molecule has 0 fully saturated rings. The van der Waals surface area contributed by atoms with E-state index < -0.39 is 4.92 Å². The van der Waals surface area contributed by atoms with Gasteiger partial charge >= 0.3 is 0 Å². The lowest BCUT2D eigenvalue weighted by Gasteiger charge is -2.39. The number of nitro groups is 1. The van der Waals surface area contributed by atoms with Gasteiger partial charge in [0, 0.05) is 56.7 Å². The van der Waals surface area contributed by atoms with Crippen molar-refractivity contribution in [3.8, 4) is 6.07 Å². The van der Waals surface area contributed by atoms with Crippen LogP contribution in [0.2, 0.25) is 0 Å².